The van der Waals surface area contributed by atoms with Gasteiger partial charge in [0.25, 0.3) is 0 Å². The van der Waals surface area contributed by atoms with Crippen LogP contribution in [0.4, 0.5) is 0 Å². The van der Waals surface area contributed by atoms with E-state index < -0.39 is 0 Å². The Morgan fingerprint density at radius 2 is 1.33 bits per heavy atom. The number of aromatic nitrogens is 1. The molecule has 0 aliphatic rings. The van der Waals surface area contributed by atoms with Gasteiger partial charge in [-0.2, -0.15) is 4.37 Å². The van der Waals surface area contributed by atoms with Crippen molar-refractivity contribution in [3.63, 3.8) is 0 Å². The molecule has 0 fully saturated rings. The number of benzene rings is 2. The van der Waals surface area contributed by atoms with Crippen molar-refractivity contribution in [1.82, 2.24) is 4.37 Å². The van der Waals surface area contributed by atoms with Crippen molar-refractivity contribution >= 4 is 23.1 Å². The van der Waals surface area contributed by atoms with Crippen LogP contribution >= 0.6 is 23.1 Å². The van der Waals surface area contributed by atoms with Crippen LogP contribution < -0.4 is 0 Å². The second-order valence-electron chi connectivity index (χ2n) is 3.91. The van der Waals surface area contributed by atoms with Crippen molar-refractivity contribution in [1.29, 1.82) is 0 Å². The molecule has 0 aliphatic heterocycles. The Labute approximate surface area is 115 Å². The molecule has 1 aromatic heterocycles. The molecule has 0 saturated carbocycles. The minimum atomic E-state index is 0.574. The monoisotopic (exact) mass is 271 g/mol. The third kappa shape index (κ3) is 2.05. The van der Waals surface area contributed by atoms with Crippen LogP contribution in [0.1, 0.15) is 0 Å². The summed E-state index contributed by atoms with van der Waals surface area (Å²) in [5.74, 6) is 0. The van der Waals surface area contributed by atoms with Crippen LogP contribution in [-0.2, 0) is 0 Å². The van der Waals surface area contributed by atoms with E-state index in [0.29, 0.717) is 5.15 Å². The molecular formula is C15H10ClNS. The van der Waals surface area contributed by atoms with Crippen molar-refractivity contribution in [2.75, 3.05) is 0 Å². The zero-order chi connectivity index (χ0) is 12.4. The summed E-state index contributed by atoms with van der Waals surface area (Å²) >= 11 is 7.67. The average molecular weight is 272 g/mol. The summed E-state index contributed by atoms with van der Waals surface area (Å²) in [5.41, 5.74) is 3.28. The zero-order valence-corrected chi connectivity index (χ0v) is 11.1. The maximum atomic E-state index is 6.23. The molecular weight excluding hydrogens is 262 g/mol. The molecule has 0 atom stereocenters. The van der Waals surface area contributed by atoms with Gasteiger partial charge in [0.15, 0.2) is 5.15 Å². The summed E-state index contributed by atoms with van der Waals surface area (Å²) in [4.78, 5) is 1.12. The molecule has 1 nitrogen and oxygen atoms in total. The van der Waals surface area contributed by atoms with Crippen LogP contribution in [0, 0.1) is 0 Å². The summed E-state index contributed by atoms with van der Waals surface area (Å²) in [6.07, 6.45) is 0. The fraction of sp³-hybridized carbons (Fsp3) is 0. The molecule has 0 saturated heterocycles. The molecule has 0 spiro atoms. The van der Waals surface area contributed by atoms with Gasteiger partial charge >= 0.3 is 0 Å². The predicted octanol–water partition coefficient (Wildman–Crippen LogP) is 5.13. The van der Waals surface area contributed by atoms with E-state index in [1.807, 2.05) is 36.4 Å². The van der Waals surface area contributed by atoms with Crippen LogP contribution in [0.15, 0.2) is 60.7 Å². The normalized spacial score (nSPS) is 10.5. The standard InChI is InChI=1S/C15H10ClNS/c16-15-13(11-7-3-1-4-8-11)14(18-17-15)12-9-5-2-6-10-12/h1-10H. The molecule has 2 aromatic carbocycles. The van der Waals surface area contributed by atoms with Crippen molar-refractivity contribution in [2.45, 2.75) is 0 Å². The van der Waals surface area contributed by atoms with Crippen molar-refractivity contribution in [2.24, 2.45) is 0 Å². The minimum absolute atomic E-state index is 0.574. The lowest BCUT2D eigenvalue weighted by molar-refractivity contribution is 1.55. The van der Waals surface area contributed by atoms with Gasteiger partial charge in [0.2, 0.25) is 0 Å². The Morgan fingerprint density at radius 1 is 0.778 bits per heavy atom. The molecule has 88 valence electrons. The Morgan fingerprint density at radius 3 is 1.94 bits per heavy atom. The zero-order valence-electron chi connectivity index (χ0n) is 9.51. The quantitative estimate of drug-likeness (QED) is 0.630. The first-order valence-corrected chi connectivity index (χ1v) is 6.77. The Bertz CT molecular complexity index is 647. The van der Waals surface area contributed by atoms with Crippen LogP contribution in [0.3, 0.4) is 0 Å². The van der Waals surface area contributed by atoms with Gasteiger partial charge in [-0.1, -0.05) is 72.3 Å². The number of nitrogens with zero attached hydrogens (tertiary/aromatic N) is 1. The van der Waals surface area contributed by atoms with Crippen molar-refractivity contribution in [3.05, 3.63) is 65.8 Å². The summed E-state index contributed by atoms with van der Waals surface area (Å²) in [5, 5.41) is 0.574. The van der Waals surface area contributed by atoms with E-state index in [0.717, 1.165) is 21.6 Å². The fourth-order valence-electron chi connectivity index (χ4n) is 1.91. The van der Waals surface area contributed by atoms with Crippen LogP contribution in [0.25, 0.3) is 21.6 Å². The molecule has 0 bridgehead atoms. The van der Waals surface area contributed by atoms with E-state index in [9.17, 15) is 0 Å². The van der Waals surface area contributed by atoms with Gasteiger partial charge in [-0.25, -0.2) is 0 Å². The van der Waals surface area contributed by atoms with E-state index in [-0.39, 0.29) is 0 Å². The van der Waals surface area contributed by atoms with E-state index in [1.165, 1.54) is 11.5 Å². The van der Waals surface area contributed by atoms with Gasteiger partial charge < -0.3 is 0 Å². The lowest BCUT2D eigenvalue weighted by Crippen LogP contribution is -1.79. The average Bonchev–Trinajstić information content (AvgIpc) is 2.83. The molecule has 0 N–H and O–H groups in total. The minimum Gasteiger partial charge on any atom is -0.180 e. The summed E-state index contributed by atoms with van der Waals surface area (Å²) in [6.45, 7) is 0. The van der Waals surface area contributed by atoms with Crippen molar-refractivity contribution in [3.8, 4) is 21.6 Å². The first-order valence-electron chi connectivity index (χ1n) is 5.62. The maximum absolute atomic E-state index is 6.23. The third-order valence-corrected chi connectivity index (χ3v) is 4.02. The first-order chi connectivity index (χ1) is 8.86. The molecule has 0 amide bonds. The fourth-order valence-corrected chi connectivity index (χ4v) is 3.09. The topological polar surface area (TPSA) is 12.9 Å². The van der Waals surface area contributed by atoms with Gasteiger partial charge in [0.1, 0.15) is 0 Å². The lowest BCUT2D eigenvalue weighted by Gasteiger charge is -2.03. The van der Waals surface area contributed by atoms with Crippen LogP contribution in [0.2, 0.25) is 5.15 Å². The summed E-state index contributed by atoms with van der Waals surface area (Å²) in [6, 6.07) is 20.4. The molecule has 1 heterocycles. The SMILES string of the molecule is Clc1nsc(-c2ccccc2)c1-c1ccccc1. The number of rotatable bonds is 2. The Hall–Kier alpha value is -1.64. The van der Waals surface area contributed by atoms with Crippen LogP contribution in [0.5, 0.6) is 0 Å². The number of hydrogen-bond acceptors (Lipinski definition) is 2. The Balaban J connectivity index is 2.19. The highest BCUT2D eigenvalue weighted by atomic mass is 35.5. The second kappa shape index (κ2) is 4.92. The molecule has 3 aromatic rings. The van der Waals surface area contributed by atoms with Crippen LogP contribution in [-0.4, -0.2) is 4.37 Å². The van der Waals surface area contributed by atoms with Gasteiger partial charge in [-0.05, 0) is 22.7 Å². The first kappa shape index (κ1) is 11.5. The number of halogens is 1. The third-order valence-electron chi connectivity index (χ3n) is 2.75. The number of hydrogen-bond donors (Lipinski definition) is 0. The van der Waals surface area contributed by atoms with Gasteiger partial charge in [0.05, 0.1) is 4.88 Å². The largest absolute Gasteiger partial charge is 0.180 e. The highest BCUT2D eigenvalue weighted by Crippen LogP contribution is 2.40. The molecule has 0 aliphatic carbocycles. The molecule has 3 heteroatoms. The van der Waals surface area contributed by atoms with E-state index in [2.05, 4.69) is 28.6 Å². The molecule has 18 heavy (non-hydrogen) atoms. The van der Waals surface area contributed by atoms with Gasteiger partial charge in [0, 0.05) is 5.56 Å². The van der Waals surface area contributed by atoms with E-state index in [4.69, 9.17) is 11.6 Å². The molecule has 0 unspecified atom stereocenters. The summed E-state index contributed by atoms with van der Waals surface area (Å²) < 4.78 is 4.28. The molecule has 0 radical (unpaired) electrons. The maximum Gasteiger partial charge on any atom is 0.151 e. The predicted molar refractivity (Wildman–Crippen MR) is 78.0 cm³/mol. The van der Waals surface area contributed by atoms with Gasteiger partial charge in [-0.3, -0.25) is 0 Å². The highest BCUT2D eigenvalue weighted by molar-refractivity contribution is 7.10. The second-order valence-corrected chi connectivity index (χ2v) is 5.04. The lowest BCUT2D eigenvalue weighted by atomic mass is 10.0. The molecule has 3 rings (SSSR count). The highest BCUT2D eigenvalue weighted by Gasteiger charge is 2.15. The van der Waals surface area contributed by atoms with E-state index >= 15 is 0 Å². The van der Waals surface area contributed by atoms with E-state index in [1.54, 1.807) is 0 Å². The van der Waals surface area contributed by atoms with Gasteiger partial charge in [-0.15, -0.1) is 0 Å². The Kier molecular flexibility index (Phi) is 3.13. The smallest absolute Gasteiger partial charge is 0.151 e. The van der Waals surface area contributed by atoms with Crippen molar-refractivity contribution < 1.29 is 0 Å². The summed E-state index contributed by atoms with van der Waals surface area (Å²) in [7, 11) is 0.